The van der Waals surface area contributed by atoms with Gasteiger partial charge in [-0.3, -0.25) is 4.90 Å². The van der Waals surface area contributed by atoms with Gasteiger partial charge in [0.1, 0.15) is 0 Å². The summed E-state index contributed by atoms with van der Waals surface area (Å²) < 4.78 is 5.68. The van der Waals surface area contributed by atoms with Crippen LogP contribution in [0.3, 0.4) is 0 Å². The molecule has 2 unspecified atom stereocenters. The van der Waals surface area contributed by atoms with Crippen LogP contribution in [0.25, 0.3) is 0 Å². The second-order valence-corrected chi connectivity index (χ2v) is 3.80. The highest BCUT2D eigenvalue weighted by Gasteiger charge is 2.30. The lowest BCUT2D eigenvalue weighted by Gasteiger charge is -2.36. The minimum Gasteiger partial charge on any atom is -0.377 e. The van der Waals surface area contributed by atoms with Crippen molar-refractivity contribution in [2.75, 3.05) is 33.3 Å². The molecule has 0 aromatic carbocycles. The molecule has 2 rings (SSSR count). The molecule has 2 heterocycles. The molecule has 0 bridgehead atoms. The third-order valence-electron chi connectivity index (χ3n) is 2.95. The standard InChI is InChI=1S/C9H18N2O/c1-11-5-4-10-7-8(11)9-3-2-6-12-9/h8-10H,2-7H2,1H3. The molecule has 0 aromatic rings. The zero-order chi connectivity index (χ0) is 8.39. The molecule has 1 N–H and O–H groups in total. The summed E-state index contributed by atoms with van der Waals surface area (Å²) in [6.07, 6.45) is 2.98. The fourth-order valence-corrected chi connectivity index (χ4v) is 2.15. The number of piperazine rings is 1. The highest BCUT2D eigenvalue weighted by molar-refractivity contribution is 4.86. The van der Waals surface area contributed by atoms with E-state index in [1.807, 2.05) is 0 Å². The van der Waals surface area contributed by atoms with Crippen LogP contribution in [0, 0.1) is 0 Å². The van der Waals surface area contributed by atoms with Crippen LogP contribution in [0.1, 0.15) is 12.8 Å². The lowest BCUT2D eigenvalue weighted by Crippen LogP contribution is -2.54. The second-order valence-electron chi connectivity index (χ2n) is 3.80. The van der Waals surface area contributed by atoms with Crippen LogP contribution in [0.15, 0.2) is 0 Å². The van der Waals surface area contributed by atoms with E-state index in [1.54, 1.807) is 0 Å². The quantitative estimate of drug-likeness (QED) is 0.602. The van der Waals surface area contributed by atoms with E-state index in [-0.39, 0.29) is 0 Å². The molecular formula is C9H18N2O. The monoisotopic (exact) mass is 170 g/mol. The molecule has 70 valence electrons. The molecule has 2 aliphatic rings. The topological polar surface area (TPSA) is 24.5 Å². The van der Waals surface area contributed by atoms with Gasteiger partial charge in [-0.15, -0.1) is 0 Å². The summed E-state index contributed by atoms with van der Waals surface area (Å²) in [5.41, 5.74) is 0. The van der Waals surface area contributed by atoms with Crippen molar-refractivity contribution in [2.24, 2.45) is 0 Å². The van der Waals surface area contributed by atoms with Crippen molar-refractivity contribution in [3.8, 4) is 0 Å². The lowest BCUT2D eigenvalue weighted by atomic mass is 10.1. The Bertz CT molecular complexity index is 145. The molecular weight excluding hydrogens is 152 g/mol. The van der Waals surface area contributed by atoms with Gasteiger partial charge in [-0.1, -0.05) is 0 Å². The smallest absolute Gasteiger partial charge is 0.0743 e. The van der Waals surface area contributed by atoms with Crippen molar-refractivity contribution in [3.63, 3.8) is 0 Å². The number of nitrogens with one attached hydrogen (secondary N) is 1. The maximum Gasteiger partial charge on any atom is 0.0743 e. The third-order valence-corrected chi connectivity index (χ3v) is 2.95. The maximum atomic E-state index is 5.68. The predicted molar refractivity (Wildman–Crippen MR) is 48.3 cm³/mol. The van der Waals surface area contributed by atoms with Crippen LogP contribution >= 0.6 is 0 Å². The van der Waals surface area contributed by atoms with Crippen LogP contribution in [0.2, 0.25) is 0 Å². The largest absolute Gasteiger partial charge is 0.377 e. The molecule has 0 aromatic heterocycles. The fourth-order valence-electron chi connectivity index (χ4n) is 2.15. The van der Waals surface area contributed by atoms with Gasteiger partial charge in [0.2, 0.25) is 0 Å². The van der Waals surface area contributed by atoms with Crippen LogP contribution in [0.5, 0.6) is 0 Å². The molecule has 0 aliphatic carbocycles. The Kier molecular flexibility index (Phi) is 2.63. The van der Waals surface area contributed by atoms with E-state index in [2.05, 4.69) is 17.3 Å². The highest BCUT2D eigenvalue weighted by atomic mass is 16.5. The first-order valence-corrected chi connectivity index (χ1v) is 4.90. The molecule has 2 aliphatic heterocycles. The second kappa shape index (κ2) is 3.73. The Balaban J connectivity index is 1.91. The Labute approximate surface area is 74.1 Å². The van der Waals surface area contributed by atoms with Crippen LogP contribution in [0.4, 0.5) is 0 Å². The van der Waals surface area contributed by atoms with Gasteiger partial charge in [-0.2, -0.15) is 0 Å². The van der Waals surface area contributed by atoms with E-state index in [0.29, 0.717) is 12.1 Å². The molecule has 3 nitrogen and oxygen atoms in total. The summed E-state index contributed by atoms with van der Waals surface area (Å²) in [7, 11) is 2.20. The average Bonchev–Trinajstić information content (AvgIpc) is 2.57. The van der Waals surface area contributed by atoms with Crippen molar-refractivity contribution in [2.45, 2.75) is 25.0 Å². The average molecular weight is 170 g/mol. The molecule has 0 amide bonds. The van der Waals surface area contributed by atoms with Crippen LogP contribution in [-0.4, -0.2) is 50.3 Å². The fraction of sp³-hybridized carbons (Fsp3) is 1.00. The molecule has 2 atom stereocenters. The first kappa shape index (κ1) is 8.48. The minimum atomic E-state index is 0.489. The van der Waals surface area contributed by atoms with E-state index in [0.717, 1.165) is 26.2 Å². The van der Waals surface area contributed by atoms with Gasteiger partial charge in [-0.25, -0.2) is 0 Å². The molecule has 0 spiro atoms. The summed E-state index contributed by atoms with van der Waals surface area (Å²) >= 11 is 0. The molecule has 0 radical (unpaired) electrons. The van der Waals surface area contributed by atoms with E-state index >= 15 is 0 Å². The lowest BCUT2D eigenvalue weighted by molar-refractivity contribution is 0.0242. The van der Waals surface area contributed by atoms with E-state index in [1.165, 1.54) is 12.8 Å². The third kappa shape index (κ3) is 1.63. The van der Waals surface area contributed by atoms with E-state index < -0.39 is 0 Å². The molecule has 2 saturated heterocycles. The number of hydrogen-bond acceptors (Lipinski definition) is 3. The van der Waals surface area contributed by atoms with Crippen molar-refractivity contribution in [1.29, 1.82) is 0 Å². The summed E-state index contributed by atoms with van der Waals surface area (Å²) in [5, 5.41) is 3.42. The first-order chi connectivity index (χ1) is 5.88. The van der Waals surface area contributed by atoms with E-state index in [4.69, 9.17) is 4.74 Å². The molecule has 0 saturated carbocycles. The van der Waals surface area contributed by atoms with Gasteiger partial charge in [0.15, 0.2) is 0 Å². The van der Waals surface area contributed by atoms with Gasteiger partial charge in [-0.05, 0) is 19.9 Å². The van der Waals surface area contributed by atoms with E-state index in [9.17, 15) is 0 Å². The molecule has 2 fully saturated rings. The number of rotatable bonds is 1. The van der Waals surface area contributed by atoms with Crippen molar-refractivity contribution >= 4 is 0 Å². The van der Waals surface area contributed by atoms with Gasteiger partial charge in [0.25, 0.3) is 0 Å². The Morgan fingerprint density at radius 2 is 2.42 bits per heavy atom. The SMILES string of the molecule is CN1CCNCC1C1CCCO1. The van der Waals surface area contributed by atoms with Gasteiger partial charge >= 0.3 is 0 Å². The van der Waals surface area contributed by atoms with Crippen molar-refractivity contribution < 1.29 is 4.74 Å². The van der Waals surface area contributed by atoms with Crippen LogP contribution in [-0.2, 0) is 4.74 Å². The zero-order valence-corrected chi connectivity index (χ0v) is 7.75. The normalized spacial score (nSPS) is 38.8. The van der Waals surface area contributed by atoms with Gasteiger partial charge < -0.3 is 10.1 Å². The number of ether oxygens (including phenoxy) is 1. The Morgan fingerprint density at radius 1 is 1.50 bits per heavy atom. The van der Waals surface area contributed by atoms with Crippen molar-refractivity contribution in [1.82, 2.24) is 10.2 Å². The van der Waals surface area contributed by atoms with Crippen molar-refractivity contribution in [3.05, 3.63) is 0 Å². The van der Waals surface area contributed by atoms with Gasteiger partial charge in [0, 0.05) is 32.3 Å². The molecule has 12 heavy (non-hydrogen) atoms. The molecule has 3 heteroatoms. The highest BCUT2D eigenvalue weighted by Crippen LogP contribution is 2.19. The summed E-state index contributed by atoms with van der Waals surface area (Å²) in [6, 6.07) is 0.612. The summed E-state index contributed by atoms with van der Waals surface area (Å²) in [4.78, 5) is 2.42. The van der Waals surface area contributed by atoms with Gasteiger partial charge in [0.05, 0.1) is 6.10 Å². The summed E-state index contributed by atoms with van der Waals surface area (Å²) in [6.45, 7) is 4.35. The zero-order valence-electron chi connectivity index (χ0n) is 7.75. The van der Waals surface area contributed by atoms with Crippen LogP contribution < -0.4 is 5.32 Å². The predicted octanol–water partition coefficient (Wildman–Crippen LogP) is 0.0690. The Hall–Kier alpha value is -0.120. The Morgan fingerprint density at radius 3 is 3.08 bits per heavy atom. The summed E-state index contributed by atoms with van der Waals surface area (Å²) in [5.74, 6) is 0. The first-order valence-electron chi connectivity index (χ1n) is 4.90. The maximum absolute atomic E-state index is 5.68. The minimum absolute atomic E-state index is 0.489. The number of likely N-dealkylation sites (N-methyl/N-ethyl adjacent to an activating group) is 1. The number of nitrogens with zero attached hydrogens (tertiary/aromatic N) is 1. The number of hydrogen-bond donors (Lipinski definition) is 1.